The van der Waals surface area contributed by atoms with E-state index < -0.39 is 11.6 Å². The Bertz CT molecular complexity index is 1130. The lowest BCUT2D eigenvalue weighted by atomic mass is 10.2. The largest absolute Gasteiger partial charge is 0.310 e. The molecule has 0 amide bonds. The molecular weight excluding hydrogens is 312 g/mol. The summed E-state index contributed by atoms with van der Waals surface area (Å²) in [6.45, 7) is 2.55. The number of hydrogen-bond acceptors (Lipinski definition) is 3. The van der Waals surface area contributed by atoms with Crippen LogP contribution in [0.4, 0.5) is 8.78 Å². The zero-order valence-corrected chi connectivity index (χ0v) is 12.7. The fraction of sp³-hybridized carbons (Fsp3) is 0.118. The highest BCUT2D eigenvalue weighted by Gasteiger charge is 2.16. The van der Waals surface area contributed by atoms with Gasteiger partial charge in [-0.2, -0.15) is 5.26 Å². The van der Waals surface area contributed by atoms with Gasteiger partial charge in [0, 0.05) is 18.7 Å². The van der Waals surface area contributed by atoms with Gasteiger partial charge in [-0.25, -0.2) is 18.7 Å². The highest BCUT2D eigenvalue weighted by atomic mass is 19.2. The molecule has 0 aliphatic heterocycles. The molecule has 118 valence electrons. The van der Waals surface area contributed by atoms with Crippen molar-refractivity contribution in [2.45, 2.75) is 13.5 Å². The van der Waals surface area contributed by atoms with Gasteiger partial charge in [0.25, 0.3) is 0 Å². The smallest absolute Gasteiger partial charge is 0.216 e. The molecule has 4 aromatic rings. The number of nitriles is 1. The van der Waals surface area contributed by atoms with Gasteiger partial charge in [0.1, 0.15) is 6.33 Å². The van der Waals surface area contributed by atoms with Crippen molar-refractivity contribution < 1.29 is 8.78 Å². The maximum Gasteiger partial charge on any atom is 0.216 e. The predicted molar refractivity (Wildman–Crippen MR) is 84.7 cm³/mol. The summed E-state index contributed by atoms with van der Waals surface area (Å²) in [6, 6.07) is 9.50. The number of imidazole rings is 2. The molecule has 7 heteroatoms. The standard InChI is InChI=1S/C17H11F2N5/c1-2-23-15-5-10(8-20)3-4-13(15)22-17(23)24-9-21-14-6-11(18)12(19)7-16(14)24/h3-7,9H,2H2,1H3. The van der Waals surface area contributed by atoms with Crippen molar-refractivity contribution in [3.05, 3.63) is 53.9 Å². The van der Waals surface area contributed by atoms with Crippen LogP contribution in [-0.4, -0.2) is 19.1 Å². The molecular formula is C17H11F2N5. The van der Waals surface area contributed by atoms with Gasteiger partial charge in [-0.05, 0) is 25.1 Å². The van der Waals surface area contributed by atoms with Gasteiger partial charge in [0.2, 0.25) is 5.95 Å². The second kappa shape index (κ2) is 5.13. The Labute approximate surface area is 135 Å². The molecule has 0 saturated heterocycles. The lowest BCUT2D eigenvalue weighted by molar-refractivity contribution is 0.510. The predicted octanol–water partition coefficient (Wildman–Crippen LogP) is 3.54. The van der Waals surface area contributed by atoms with E-state index >= 15 is 0 Å². The van der Waals surface area contributed by atoms with Gasteiger partial charge in [0.15, 0.2) is 11.6 Å². The van der Waals surface area contributed by atoms with Crippen LogP contribution in [0.15, 0.2) is 36.7 Å². The molecule has 0 N–H and O–H groups in total. The fourth-order valence-corrected chi connectivity index (χ4v) is 2.84. The van der Waals surface area contributed by atoms with Crippen LogP contribution in [0.5, 0.6) is 0 Å². The molecule has 0 radical (unpaired) electrons. The summed E-state index contributed by atoms with van der Waals surface area (Å²) in [5.41, 5.74) is 2.83. The maximum atomic E-state index is 13.6. The zero-order chi connectivity index (χ0) is 16.8. The summed E-state index contributed by atoms with van der Waals surface area (Å²) in [5.74, 6) is -1.33. The molecule has 0 spiro atoms. The van der Waals surface area contributed by atoms with Crippen LogP contribution in [-0.2, 0) is 6.54 Å². The third kappa shape index (κ3) is 1.97. The van der Waals surface area contributed by atoms with E-state index in [0.717, 1.165) is 23.2 Å². The first-order valence-corrected chi connectivity index (χ1v) is 7.35. The van der Waals surface area contributed by atoms with Gasteiger partial charge < -0.3 is 4.57 Å². The monoisotopic (exact) mass is 323 g/mol. The first kappa shape index (κ1) is 14.3. The molecule has 4 rings (SSSR count). The minimum atomic E-state index is -0.935. The molecule has 24 heavy (non-hydrogen) atoms. The van der Waals surface area contributed by atoms with Gasteiger partial charge >= 0.3 is 0 Å². The molecule has 0 aliphatic carbocycles. The van der Waals surface area contributed by atoms with Crippen molar-refractivity contribution in [3.63, 3.8) is 0 Å². The zero-order valence-electron chi connectivity index (χ0n) is 12.7. The molecule has 2 aromatic heterocycles. The van der Waals surface area contributed by atoms with Crippen LogP contribution in [0, 0.1) is 23.0 Å². The average molecular weight is 323 g/mol. The third-order valence-corrected chi connectivity index (χ3v) is 3.98. The normalized spacial score (nSPS) is 11.2. The van der Waals surface area contributed by atoms with E-state index in [9.17, 15) is 8.78 Å². The lowest BCUT2D eigenvalue weighted by Gasteiger charge is -2.07. The van der Waals surface area contributed by atoms with Crippen LogP contribution in [0.1, 0.15) is 12.5 Å². The van der Waals surface area contributed by atoms with Gasteiger partial charge in [-0.3, -0.25) is 4.57 Å². The number of rotatable bonds is 2. The fourth-order valence-electron chi connectivity index (χ4n) is 2.84. The molecule has 0 fully saturated rings. The van der Waals surface area contributed by atoms with E-state index in [2.05, 4.69) is 16.0 Å². The third-order valence-electron chi connectivity index (χ3n) is 3.98. The summed E-state index contributed by atoms with van der Waals surface area (Å²) in [4.78, 5) is 8.69. The Morgan fingerprint density at radius 2 is 1.88 bits per heavy atom. The molecule has 2 aromatic carbocycles. The number of hydrogen-bond donors (Lipinski definition) is 0. The average Bonchev–Trinajstić information content (AvgIpc) is 3.14. The number of benzene rings is 2. The number of halogens is 2. The second-order valence-electron chi connectivity index (χ2n) is 5.34. The van der Waals surface area contributed by atoms with Gasteiger partial charge in [-0.15, -0.1) is 0 Å². The molecule has 0 saturated carbocycles. The van der Waals surface area contributed by atoms with Crippen molar-refractivity contribution in [2.75, 3.05) is 0 Å². The van der Waals surface area contributed by atoms with E-state index in [0.29, 0.717) is 29.1 Å². The Hall–Kier alpha value is -3.27. The van der Waals surface area contributed by atoms with Crippen LogP contribution in [0.25, 0.3) is 28.0 Å². The van der Waals surface area contributed by atoms with E-state index in [1.54, 1.807) is 22.8 Å². The van der Waals surface area contributed by atoms with Crippen LogP contribution >= 0.6 is 0 Å². The van der Waals surface area contributed by atoms with Gasteiger partial charge in [-0.1, -0.05) is 0 Å². The summed E-state index contributed by atoms with van der Waals surface area (Å²) in [6.07, 6.45) is 1.49. The number of aryl methyl sites for hydroxylation is 1. The molecule has 0 unspecified atom stereocenters. The molecule has 0 bridgehead atoms. The number of nitrogens with zero attached hydrogens (tertiary/aromatic N) is 5. The number of aromatic nitrogens is 4. The SMILES string of the molecule is CCn1c(-n2cnc3cc(F)c(F)cc32)nc2ccc(C#N)cc21. The van der Waals surface area contributed by atoms with E-state index in [-0.39, 0.29) is 0 Å². The topological polar surface area (TPSA) is 59.4 Å². The summed E-state index contributed by atoms with van der Waals surface area (Å²) in [7, 11) is 0. The van der Waals surface area contributed by atoms with Crippen LogP contribution < -0.4 is 0 Å². The molecule has 5 nitrogen and oxygen atoms in total. The van der Waals surface area contributed by atoms with Crippen molar-refractivity contribution in [1.29, 1.82) is 5.26 Å². The Balaban J connectivity index is 2.03. The Kier molecular flexibility index (Phi) is 3.06. The summed E-state index contributed by atoms with van der Waals surface area (Å²) in [5, 5.41) is 9.08. The molecule has 2 heterocycles. The van der Waals surface area contributed by atoms with Gasteiger partial charge in [0.05, 0.1) is 33.7 Å². The Morgan fingerprint density at radius 3 is 2.62 bits per heavy atom. The quantitative estimate of drug-likeness (QED) is 0.567. The lowest BCUT2D eigenvalue weighted by Crippen LogP contribution is -2.05. The molecule has 0 aliphatic rings. The highest BCUT2D eigenvalue weighted by Crippen LogP contribution is 2.25. The number of fused-ring (bicyclic) bond motifs is 2. The highest BCUT2D eigenvalue weighted by molar-refractivity contribution is 5.81. The first-order chi connectivity index (χ1) is 11.6. The van der Waals surface area contributed by atoms with Crippen molar-refractivity contribution in [3.8, 4) is 12.0 Å². The van der Waals surface area contributed by atoms with Crippen LogP contribution in [0.3, 0.4) is 0 Å². The van der Waals surface area contributed by atoms with Crippen molar-refractivity contribution in [1.82, 2.24) is 19.1 Å². The molecule has 0 atom stereocenters. The summed E-state index contributed by atoms with van der Waals surface area (Å²) < 4.78 is 30.5. The summed E-state index contributed by atoms with van der Waals surface area (Å²) >= 11 is 0. The minimum absolute atomic E-state index is 0.348. The van der Waals surface area contributed by atoms with E-state index in [4.69, 9.17) is 5.26 Å². The Morgan fingerprint density at radius 1 is 1.08 bits per heavy atom. The maximum absolute atomic E-state index is 13.6. The van der Waals surface area contributed by atoms with Crippen molar-refractivity contribution in [2.24, 2.45) is 0 Å². The van der Waals surface area contributed by atoms with Crippen molar-refractivity contribution >= 4 is 22.1 Å². The first-order valence-electron chi connectivity index (χ1n) is 7.35. The van der Waals surface area contributed by atoms with E-state index in [1.165, 1.54) is 6.33 Å². The van der Waals surface area contributed by atoms with E-state index in [1.807, 2.05) is 11.5 Å². The minimum Gasteiger partial charge on any atom is -0.310 e. The second-order valence-corrected chi connectivity index (χ2v) is 5.34. The van der Waals surface area contributed by atoms with Crippen LogP contribution in [0.2, 0.25) is 0 Å².